The number of furan rings is 1. The molecular weight excluding hydrogens is 440 g/mol. The third kappa shape index (κ3) is 4.36. The number of imidazole rings is 1. The zero-order valence-corrected chi connectivity index (χ0v) is 18.8. The van der Waals surface area contributed by atoms with Gasteiger partial charge in [-0.3, -0.25) is 4.79 Å². The van der Waals surface area contributed by atoms with Crippen molar-refractivity contribution < 1.29 is 17.6 Å². The van der Waals surface area contributed by atoms with Crippen molar-refractivity contribution in [3.8, 4) is 0 Å². The van der Waals surface area contributed by atoms with Gasteiger partial charge in [0, 0.05) is 31.7 Å². The molecule has 1 aliphatic heterocycles. The number of benzene rings is 2. The van der Waals surface area contributed by atoms with E-state index in [1.54, 1.807) is 41.3 Å². The SMILES string of the molecule is O=C(c1occc1CS(=O)(=O)c1ccccc1)N1CCCN(c2nc3ccccc3[nH]2)CC1. The molecule has 0 radical (unpaired) electrons. The van der Waals surface area contributed by atoms with Crippen LogP contribution in [0.3, 0.4) is 0 Å². The Bertz CT molecular complexity index is 1340. The summed E-state index contributed by atoms with van der Waals surface area (Å²) >= 11 is 0. The maximum Gasteiger partial charge on any atom is 0.289 e. The molecule has 0 unspecified atom stereocenters. The van der Waals surface area contributed by atoms with Gasteiger partial charge < -0.3 is 19.2 Å². The zero-order chi connectivity index (χ0) is 22.8. The number of aromatic nitrogens is 2. The van der Waals surface area contributed by atoms with Gasteiger partial charge in [-0.15, -0.1) is 0 Å². The van der Waals surface area contributed by atoms with Crippen LogP contribution in [0, 0.1) is 0 Å². The minimum Gasteiger partial charge on any atom is -0.459 e. The van der Waals surface area contributed by atoms with Gasteiger partial charge in [-0.1, -0.05) is 30.3 Å². The number of carbonyl (C=O) groups excluding carboxylic acids is 1. The first kappa shape index (κ1) is 21.3. The van der Waals surface area contributed by atoms with Gasteiger partial charge in [0.2, 0.25) is 5.95 Å². The Balaban J connectivity index is 1.30. The summed E-state index contributed by atoms with van der Waals surface area (Å²) in [6.45, 7) is 2.42. The molecule has 3 heterocycles. The van der Waals surface area contributed by atoms with E-state index in [4.69, 9.17) is 4.42 Å². The summed E-state index contributed by atoms with van der Waals surface area (Å²) in [5, 5.41) is 0. The Hall–Kier alpha value is -3.59. The highest BCUT2D eigenvalue weighted by Crippen LogP contribution is 2.23. The zero-order valence-electron chi connectivity index (χ0n) is 18.0. The van der Waals surface area contributed by atoms with E-state index in [1.807, 2.05) is 24.3 Å². The van der Waals surface area contributed by atoms with Crippen molar-refractivity contribution in [1.29, 1.82) is 0 Å². The number of H-pyrrole nitrogens is 1. The molecule has 1 aliphatic rings. The van der Waals surface area contributed by atoms with Gasteiger partial charge in [0.05, 0.1) is 27.9 Å². The molecule has 0 saturated carbocycles. The Morgan fingerprint density at radius 3 is 2.58 bits per heavy atom. The van der Waals surface area contributed by atoms with Crippen LogP contribution < -0.4 is 4.90 Å². The predicted octanol–water partition coefficient (Wildman–Crippen LogP) is 3.48. The molecule has 1 amide bonds. The van der Waals surface area contributed by atoms with E-state index in [-0.39, 0.29) is 22.3 Å². The quantitative estimate of drug-likeness (QED) is 0.485. The summed E-state index contributed by atoms with van der Waals surface area (Å²) in [4.78, 5) is 25.3. The Kier molecular flexibility index (Phi) is 5.63. The van der Waals surface area contributed by atoms with Crippen LogP contribution in [0.4, 0.5) is 5.95 Å². The van der Waals surface area contributed by atoms with Crippen LogP contribution in [0.5, 0.6) is 0 Å². The van der Waals surface area contributed by atoms with Crippen molar-refractivity contribution in [3.63, 3.8) is 0 Å². The van der Waals surface area contributed by atoms with Gasteiger partial charge in [-0.05, 0) is 36.8 Å². The van der Waals surface area contributed by atoms with Gasteiger partial charge in [-0.25, -0.2) is 13.4 Å². The number of carbonyl (C=O) groups is 1. The summed E-state index contributed by atoms with van der Waals surface area (Å²) < 4.78 is 31.1. The van der Waals surface area contributed by atoms with Crippen LogP contribution in [0.2, 0.25) is 0 Å². The third-order valence-electron chi connectivity index (χ3n) is 5.85. The number of nitrogens with one attached hydrogen (secondary N) is 1. The number of nitrogens with zero attached hydrogens (tertiary/aromatic N) is 3. The lowest BCUT2D eigenvalue weighted by Crippen LogP contribution is -2.35. The highest BCUT2D eigenvalue weighted by Gasteiger charge is 2.27. The molecule has 0 atom stereocenters. The molecule has 9 heteroatoms. The van der Waals surface area contributed by atoms with E-state index in [2.05, 4.69) is 14.9 Å². The number of aromatic amines is 1. The van der Waals surface area contributed by atoms with E-state index < -0.39 is 9.84 Å². The topological polar surface area (TPSA) is 99.5 Å². The Labute approximate surface area is 191 Å². The van der Waals surface area contributed by atoms with Gasteiger partial charge in [0.15, 0.2) is 15.6 Å². The van der Waals surface area contributed by atoms with Crippen LogP contribution in [0.25, 0.3) is 11.0 Å². The molecule has 2 aromatic heterocycles. The first-order valence-electron chi connectivity index (χ1n) is 10.8. The normalized spacial score (nSPS) is 15.0. The van der Waals surface area contributed by atoms with Crippen molar-refractivity contribution in [3.05, 3.63) is 78.3 Å². The highest BCUT2D eigenvalue weighted by atomic mass is 32.2. The fourth-order valence-corrected chi connectivity index (χ4v) is 5.49. The second-order valence-electron chi connectivity index (χ2n) is 8.06. The Morgan fingerprint density at radius 2 is 1.76 bits per heavy atom. The molecule has 170 valence electrons. The first-order chi connectivity index (χ1) is 16.0. The predicted molar refractivity (Wildman–Crippen MR) is 125 cm³/mol. The fraction of sp³-hybridized carbons (Fsp3) is 0.250. The van der Waals surface area contributed by atoms with Crippen molar-refractivity contribution in [2.45, 2.75) is 17.1 Å². The van der Waals surface area contributed by atoms with Gasteiger partial charge in [-0.2, -0.15) is 0 Å². The van der Waals surface area contributed by atoms with Crippen LogP contribution >= 0.6 is 0 Å². The summed E-state index contributed by atoms with van der Waals surface area (Å²) in [6.07, 6.45) is 2.14. The van der Waals surface area contributed by atoms with E-state index in [1.165, 1.54) is 6.26 Å². The van der Waals surface area contributed by atoms with Crippen LogP contribution in [0.1, 0.15) is 22.5 Å². The molecule has 1 N–H and O–H groups in total. The van der Waals surface area contributed by atoms with Gasteiger partial charge >= 0.3 is 0 Å². The smallest absolute Gasteiger partial charge is 0.289 e. The third-order valence-corrected chi connectivity index (χ3v) is 7.53. The van der Waals surface area contributed by atoms with E-state index in [0.717, 1.165) is 29.9 Å². The standard InChI is InChI=1S/C24H24N4O4S/c29-23(22-18(11-16-32-22)17-33(30,31)19-7-2-1-3-8-19)27-12-6-13-28(15-14-27)24-25-20-9-4-5-10-21(20)26-24/h1-5,7-11,16H,6,12-15,17H2,(H,25,26). The molecule has 0 bridgehead atoms. The maximum atomic E-state index is 13.2. The summed E-state index contributed by atoms with van der Waals surface area (Å²) in [5.74, 6) is 0.308. The number of hydrogen-bond donors (Lipinski definition) is 1. The maximum absolute atomic E-state index is 13.2. The average Bonchev–Trinajstić information content (AvgIpc) is 3.39. The van der Waals surface area contributed by atoms with Gasteiger partial charge in [0.1, 0.15) is 0 Å². The molecular formula is C24H24N4O4S. The number of para-hydroxylation sites is 2. The van der Waals surface area contributed by atoms with Crippen molar-refractivity contribution in [2.24, 2.45) is 0 Å². The summed E-state index contributed by atoms with van der Waals surface area (Å²) in [6, 6.07) is 17.7. The van der Waals surface area contributed by atoms with E-state index in [9.17, 15) is 13.2 Å². The van der Waals surface area contributed by atoms with E-state index >= 15 is 0 Å². The number of hydrogen-bond acceptors (Lipinski definition) is 6. The monoisotopic (exact) mass is 464 g/mol. The lowest BCUT2D eigenvalue weighted by Gasteiger charge is -2.21. The van der Waals surface area contributed by atoms with Crippen LogP contribution in [-0.2, 0) is 15.6 Å². The molecule has 4 aromatic rings. The minimum atomic E-state index is -3.59. The van der Waals surface area contributed by atoms with Crippen LogP contribution in [0.15, 0.2) is 76.2 Å². The second-order valence-corrected chi connectivity index (χ2v) is 10.0. The minimum absolute atomic E-state index is 0.0895. The number of amides is 1. The van der Waals surface area contributed by atoms with E-state index in [0.29, 0.717) is 25.2 Å². The number of rotatable bonds is 5. The van der Waals surface area contributed by atoms with Crippen molar-refractivity contribution in [2.75, 3.05) is 31.1 Å². The number of anilines is 1. The lowest BCUT2D eigenvalue weighted by atomic mass is 10.2. The van der Waals surface area contributed by atoms with Crippen LogP contribution in [-0.4, -0.2) is 55.4 Å². The number of sulfone groups is 1. The van der Waals surface area contributed by atoms with Gasteiger partial charge in [0.25, 0.3) is 5.91 Å². The lowest BCUT2D eigenvalue weighted by molar-refractivity contribution is 0.0734. The molecule has 2 aromatic carbocycles. The van der Waals surface area contributed by atoms with Crippen molar-refractivity contribution in [1.82, 2.24) is 14.9 Å². The fourth-order valence-electron chi connectivity index (χ4n) is 4.12. The second kappa shape index (κ2) is 8.74. The largest absolute Gasteiger partial charge is 0.459 e. The molecule has 8 nitrogen and oxygen atoms in total. The highest BCUT2D eigenvalue weighted by molar-refractivity contribution is 7.90. The molecule has 0 spiro atoms. The Morgan fingerprint density at radius 1 is 0.970 bits per heavy atom. The van der Waals surface area contributed by atoms with Crippen molar-refractivity contribution >= 4 is 32.7 Å². The molecule has 33 heavy (non-hydrogen) atoms. The molecule has 5 rings (SSSR count). The molecule has 1 saturated heterocycles. The average molecular weight is 465 g/mol. The summed E-state index contributed by atoms with van der Waals surface area (Å²) in [7, 11) is -3.59. The first-order valence-corrected chi connectivity index (χ1v) is 12.5. The summed E-state index contributed by atoms with van der Waals surface area (Å²) in [5.41, 5.74) is 2.26. The molecule has 1 fully saturated rings. The number of fused-ring (bicyclic) bond motifs is 1. The molecule has 0 aliphatic carbocycles.